The van der Waals surface area contributed by atoms with Gasteiger partial charge in [0.15, 0.2) is 17.9 Å². The summed E-state index contributed by atoms with van der Waals surface area (Å²) in [4.78, 5) is 62.5. The quantitative estimate of drug-likeness (QED) is 0.0907. The summed E-state index contributed by atoms with van der Waals surface area (Å²) in [5.74, 6) is -6.28. The fourth-order valence-corrected chi connectivity index (χ4v) is 6.94. The lowest BCUT2D eigenvalue weighted by Crippen LogP contribution is -2.58. The van der Waals surface area contributed by atoms with Gasteiger partial charge in [0.05, 0.1) is 45.5 Å². The van der Waals surface area contributed by atoms with Crippen LogP contribution in [-0.2, 0) is 25.4 Å². The number of rotatable bonds is 7. The van der Waals surface area contributed by atoms with E-state index in [4.69, 9.17) is 14.2 Å². The van der Waals surface area contributed by atoms with Gasteiger partial charge in [0.25, 0.3) is 5.69 Å². The molecule has 274 valence electrons. The lowest BCUT2D eigenvalue weighted by Gasteiger charge is -2.44. The first-order valence-corrected chi connectivity index (χ1v) is 16.1. The van der Waals surface area contributed by atoms with Crippen molar-refractivity contribution in [3.8, 4) is 11.5 Å². The van der Waals surface area contributed by atoms with Crippen LogP contribution in [0.5, 0.6) is 11.5 Å². The first-order chi connectivity index (χ1) is 24.4. The molecule has 1 unspecified atom stereocenters. The maximum Gasteiger partial charge on any atom is 0.471 e. The lowest BCUT2D eigenvalue weighted by atomic mass is 9.72. The summed E-state index contributed by atoms with van der Waals surface area (Å²) in [6.45, 7) is 2.96. The van der Waals surface area contributed by atoms with Gasteiger partial charge in [-0.15, -0.1) is 0 Å². The molecule has 0 radical (unpaired) electrons. The number of nitrogens with zero attached hydrogens (tertiary/aromatic N) is 1. The van der Waals surface area contributed by atoms with Gasteiger partial charge in [0, 0.05) is 53.6 Å². The second-order valence-corrected chi connectivity index (χ2v) is 12.9. The van der Waals surface area contributed by atoms with E-state index < -0.39 is 99.8 Å². The van der Waals surface area contributed by atoms with Crippen LogP contribution in [0, 0.1) is 10.1 Å². The number of aliphatic hydroxyl groups is 1. The molecule has 0 spiro atoms. The number of carbonyl (C=O) groups is 4. The molecule has 3 aliphatic rings. The Hall–Kier alpha value is -5.39. The van der Waals surface area contributed by atoms with Crippen molar-refractivity contribution in [1.82, 2.24) is 5.32 Å². The smallest absolute Gasteiger partial charge is 0.471 e. The molecule has 6 rings (SSSR count). The molecule has 2 aliphatic carbocycles. The molecule has 0 saturated carbocycles. The molecular formula is C35H31F3N2O12. The van der Waals surface area contributed by atoms with E-state index in [1.54, 1.807) is 12.2 Å². The Morgan fingerprint density at radius 2 is 1.63 bits per heavy atom. The number of benzene rings is 3. The lowest BCUT2D eigenvalue weighted by molar-refractivity contribution is -0.384. The van der Waals surface area contributed by atoms with Crippen LogP contribution in [-0.4, -0.2) is 80.0 Å². The van der Waals surface area contributed by atoms with Gasteiger partial charge in [-0.3, -0.25) is 24.5 Å². The average molecular weight is 729 g/mol. The number of ketones is 2. The largest absolute Gasteiger partial charge is 0.507 e. The number of hydrogen-bond acceptors (Lipinski definition) is 12. The van der Waals surface area contributed by atoms with Crippen LogP contribution < -0.4 is 5.32 Å². The van der Waals surface area contributed by atoms with Crippen molar-refractivity contribution in [1.29, 1.82) is 0 Å². The molecule has 17 heteroatoms. The maximum atomic E-state index is 13.6. The number of non-ortho nitro benzene ring substituents is 1. The number of phenols is 2. The number of hydrogen-bond donors (Lipinski definition) is 4. The Kier molecular flexibility index (Phi) is 9.31. The van der Waals surface area contributed by atoms with E-state index in [0.29, 0.717) is 0 Å². The second-order valence-electron chi connectivity index (χ2n) is 12.9. The molecule has 1 amide bonds. The maximum absolute atomic E-state index is 13.6. The molecule has 52 heavy (non-hydrogen) atoms. The molecule has 1 fully saturated rings. The van der Waals surface area contributed by atoms with Crippen LogP contribution in [0.15, 0.2) is 48.5 Å². The topological polar surface area (TPSA) is 212 Å². The highest BCUT2D eigenvalue weighted by Gasteiger charge is 2.49. The van der Waals surface area contributed by atoms with Crippen molar-refractivity contribution < 1.29 is 66.8 Å². The number of amides is 1. The molecule has 0 aromatic heterocycles. The summed E-state index contributed by atoms with van der Waals surface area (Å²) in [5, 5.41) is 47.4. The van der Waals surface area contributed by atoms with E-state index in [1.165, 1.54) is 31.2 Å². The SMILES string of the molecule is CCC1(O)Cc2c(O)c3c(c(O)c2[C@@H](O[C@H]2C[C@H](NC(=O)C(F)(F)F)[C@@H](OC(=O)c4ccc([N+](=O)[O-])cc4)[C@@H](C)O2)C1)C(=O)c1ccccc1C3=O. The number of nitrogens with one attached hydrogen (secondary N) is 1. The zero-order valence-corrected chi connectivity index (χ0v) is 27.4. The zero-order valence-electron chi connectivity index (χ0n) is 27.4. The Labute approximate surface area is 292 Å². The molecule has 14 nitrogen and oxygen atoms in total. The molecule has 3 aromatic carbocycles. The van der Waals surface area contributed by atoms with Crippen LogP contribution in [0.25, 0.3) is 0 Å². The third-order valence-corrected chi connectivity index (χ3v) is 9.63. The summed E-state index contributed by atoms with van der Waals surface area (Å²) in [6, 6.07) is 8.45. The fourth-order valence-electron chi connectivity index (χ4n) is 6.94. The summed E-state index contributed by atoms with van der Waals surface area (Å²) in [5.41, 5.74) is -3.28. The summed E-state index contributed by atoms with van der Waals surface area (Å²) in [6.07, 6.45) is -12.0. The van der Waals surface area contributed by atoms with Crippen molar-refractivity contribution in [3.05, 3.63) is 97.6 Å². The number of phenolic OH excluding ortho intramolecular Hbond substituents is 2. The number of carbonyl (C=O) groups excluding carboxylic acids is 4. The number of aromatic hydroxyl groups is 2. The van der Waals surface area contributed by atoms with Gasteiger partial charge in [-0.1, -0.05) is 31.2 Å². The van der Waals surface area contributed by atoms with Gasteiger partial charge < -0.3 is 34.8 Å². The monoisotopic (exact) mass is 728 g/mol. The van der Waals surface area contributed by atoms with Gasteiger partial charge in [-0.2, -0.15) is 13.2 Å². The third-order valence-electron chi connectivity index (χ3n) is 9.63. The van der Waals surface area contributed by atoms with E-state index in [1.807, 2.05) is 0 Å². The number of halogens is 3. The predicted octanol–water partition coefficient (Wildman–Crippen LogP) is 4.33. The fraction of sp³-hybridized carbons (Fsp3) is 0.371. The van der Waals surface area contributed by atoms with Gasteiger partial charge in [0.2, 0.25) is 0 Å². The molecular weight excluding hydrogens is 697 g/mol. The number of alkyl halides is 3. The van der Waals surface area contributed by atoms with Crippen LogP contribution >= 0.6 is 0 Å². The van der Waals surface area contributed by atoms with E-state index in [-0.39, 0.29) is 52.8 Å². The summed E-state index contributed by atoms with van der Waals surface area (Å²) >= 11 is 0. The van der Waals surface area contributed by atoms with E-state index in [9.17, 15) is 57.8 Å². The normalized spacial score (nSPS) is 25.4. The number of nitro benzene ring substituents is 1. The van der Waals surface area contributed by atoms with E-state index in [0.717, 1.165) is 24.3 Å². The molecule has 1 saturated heterocycles. The van der Waals surface area contributed by atoms with Crippen molar-refractivity contribution in [2.45, 2.75) is 82.0 Å². The Morgan fingerprint density at radius 1 is 1.04 bits per heavy atom. The second kappa shape index (κ2) is 13.3. The minimum Gasteiger partial charge on any atom is -0.507 e. The van der Waals surface area contributed by atoms with E-state index in [2.05, 4.69) is 0 Å². The first kappa shape index (κ1) is 36.4. The van der Waals surface area contributed by atoms with Crippen LogP contribution in [0.2, 0.25) is 0 Å². The average Bonchev–Trinajstić information content (AvgIpc) is 3.09. The van der Waals surface area contributed by atoms with Gasteiger partial charge in [0.1, 0.15) is 17.6 Å². The van der Waals surface area contributed by atoms with E-state index >= 15 is 0 Å². The van der Waals surface area contributed by atoms with Crippen molar-refractivity contribution in [2.24, 2.45) is 0 Å². The minimum atomic E-state index is -5.34. The van der Waals surface area contributed by atoms with Crippen LogP contribution in [0.3, 0.4) is 0 Å². The third kappa shape index (κ3) is 6.46. The van der Waals surface area contributed by atoms with Crippen LogP contribution in [0.4, 0.5) is 18.9 Å². The predicted molar refractivity (Wildman–Crippen MR) is 170 cm³/mol. The molecule has 1 heterocycles. The zero-order chi connectivity index (χ0) is 37.9. The Balaban J connectivity index is 1.34. The molecule has 0 bridgehead atoms. The van der Waals surface area contributed by atoms with Crippen molar-refractivity contribution in [3.63, 3.8) is 0 Å². The molecule has 1 aliphatic heterocycles. The first-order valence-electron chi connectivity index (χ1n) is 16.1. The summed E-state index contributed by atoms with van der Waals surface area (Å²) in [7, 11) is 0. The Morgan fingerprint density at radius 3 is 2.19 bits per heavy atom. The molecule has 3 aromatic rings. The van der Waals surface area contributed by atoms with Crippen LogP contribution in [0.1, 0.15) is 92.5 Å². The number of ether oxygens (including phenoxy) is 3. The van der Waals surface area contributed by atoms with Gasteiger partial charge in [-0.25, -0.2) is 4.79 Å². The van der Waals surface area contributed by atoms with Crippen molar-refractivity contribution >= 4 is 29.1 Å². The highest BCUT2D eigenvalue weighted by Crippen LogP contribution is 2.52. The van der Waals surface area contributed by atoms with Crippen molar-refractivity contribution in [2.75, 3.05) is 0 Å². The minimum absolute atomic E-state index is 0.00406. The summed E-state index contributed by atoms with van der Waals surface area (Å²) < 4.78 is 57.8. The number of esters is 1. The number of nitro groups is 1. The number of fused-ring (bicyclic) bond motifs is 3. The standard InChI is InChI=1S/C35H31F3N2O12/c1-3-34(47)13-20-24(30(44)26-25(29(20)43)27(41)18-6-4-5-7-19(18)28(26)42)22(14-34)51-23-12-21(39-33(46)35(36,37)38)31(15(2)50-23)52-32(45)16-8-10-17(11-9-16)40(48)49/h4-11,15,21-23,31,43-44,47H,3,12-14H2,1-2H3,(H,39,46)/t15-,21+,22+,23+,31+,34?/m1/s1. The highest BCUT2D eigenvalue weighted by atomic mass is 19.4. The highest BCUT2D eigenvalue weighted by molar-refractivity contribution is 6.30. The Bertz CT molecular complexity index is 2000. The molecule has 4 N–H and O–H groups in total. The van der Waals surface area contributed by atoms with Gasteiger partial charge >= 0.3 is 18.1 Å². The van der Waals surface area contributed by atoms with Gasteiger partial charge in [-0.05, 0) is 25.5 Å². The molecule has 6 atom stereocenters.